The van der Waals surface area contributed by atoms with Crippen molar-refractivity contribution in [3.05, 3.63) is 29.0 Å². The first kappa shape index (κ1) is 13.7. The zero-order valence-corrected chi connectivity index (χ0v) is 12.9. The molecule has 6 heteroatoms. The van der Waals surface area contributed by atoms with Gasteiger partial charge in [0, 0.05) is 36.5 Å². The Kier molecular flexibility index (Phi) is 4.14. The molecule has 1 aliphatic heterocycles. The Morgan fingerprint density at radius 1 is 1.50 bits per heavy atom. The van der Waals surface area contributed by atoms with Gasteiger partial charge in [-0.05, 0) is 35.1 Å². The Morgan fingerprint density at radius 3 is 3.25 bits per heavy atom. The summed E-state index contributed by atoms with van der Waals surface area (Å²) >= 11 is 3.44. The van der Waals surface area contributed by atoms with Gasteiger partial charge in [-0.3, -0.25) is 9.97 Å². The number of nitrogens with one attached hydrogen (secondary N) is 1. The molecule has 0 bridgehead atoms. The van der Waals surface area contributed by atoms with E-state index in [4.69, 9.17) is 4.74 Å². The minimum atomic E-state index is 0.215. The fourth-order valence-corrected chi connectivity index (χ4v) is 2.86. The van der Waals surface area contributed by atoms with Crippen molar-refractivity contribution in [1.29, 1.82) is 0 Å². The summed E-state index contributed by atoms with van der Waals surface area (Å²) in [5.41, 5.74) is 2.99. The van der Waals surface area contributed by atoms with E-state index in [9.17, 15) is 0 Å². The Bertz CT molecular complexity index is 605. The molecule has 106 valence electrons. The maximum Gasteiger partial charge on any atom is 0.112 e. The number of morpholine rings is 1. The number of rotatable bonds is 3. The summed E-state index contributed by atoms with van der Waals surface area (Å²) in [4.78, 5) is 11.2. The zero-order chi connectivity index (χ0) is 13.9. The molecule has 1 fully saturated rings. The first-order chi connectivity index (χ1) is 9.78. The molecule has 5 nitrogen and oxygen atoms in total. The molecular weight excluding hydrogens is 320 g/mol. The molecule has 2 aromatic heterocycles. The quantitative estimate of drug-likeness (QED) is 0.926. The smallest absolute Gasteiger partial charge is 0.112 e. The summed E-state index contributed by atoms with van der Waals surface area (Å²) in [5.74, 6) is 0. The van der Waals surface area contributed by atoms with Crippen LogP contribution in [0.1, 0.15) is 0 Å². The van der Waals surface area contributed by atoms with Crippen molar-refractivity contribution in [2.75, 3.05) is 38.2 Å². The number of pyridine rings is 2. The summed E-state index contributed by atoms with van der Waals surface area (Å²) in [6.07, 6.45) is 3.88. The van der Waals surface area contributed by atoms with Crippen LogP contribution in [0.15, 0.2) is 29.0 Å². The van der Waals surface area contributed by atoms with Crippen LogP contribution in [-0.4, -0.2) is 49.4 Å². The van der Waals surface area contributed by atoms with E-state index in [0.717, 1.165) is 47.4 Å². The van der Waals surface area contributed by atoms with Gasteiger partial charge in [0.1, 0.15) is 5.52 Å². The van der Waals surface area contributed by atoms with Crippen molar-refractivity contribution in [3.63, 3.8) is 0 Å². The number of anilines is 1. The van der Waals surface area contributed by atoms with E-state index in [-0.39, 0.29) is 6.10 Å². The van der Waals surface area contributed by atoms with E-state index < -0.39 is 0 Å². The van der Waals surface area contributed by atoms with Gasteiger partial charge in [0.2, 0.25) is 0 Å². The van der Waals surface area contributed by atoms with Crippen LogP contribution in [0.5, 0.6) is 0 Å². The lowest BCUT2D eigenvalue weighted by molar-refractivity contribution is 0.0422. The van der Waals surface area contributed by atoms with Gasteiger partial charge in [0.15, 0.2) is 0 Å². The van der Waals surface area contributed by atoms with E-state index in [1.807, 2.05) is 31.6 Å². The molecule has 1 unspecified atom stereocenters. The lowest BCUT2D eigenvalue weighted by Crippen LogP contribution is -2.46. The molecule has 3 heterocycles. The molecule has 1 aliphatic rings. The molecule has 0 amide bonds. The van der Waals surface area contributed by atoms with Crippen molar-refractivity contribution in [1.82, 2.24) is 15.3 Å². The summed E-state index contributed by atoms with van der Waals surface area (Å²) in [7, 11) is 1.95. The monoisotopic (exact) mass is 336 g/mol. The van der Waals surface area contributed by atoms with Crippen LogP contribution in [0.4, 0.5) is 5.69 Å². The van der Waals surface area contributed by atoms with Crippen LogP contribution in [0.2, 0.25) is 0 Å². The summed E-state index contributed by atoms with van der Waals surface area (Å²) in [6, 6.07) is 4.03. The van der Waals surface area contributed by atoms with Crippen molar-refractivity contribution in [3.8, 4) is 0 Å². The highest BCUT2D eigenvalue weighted by Crippen LogP contribution is 2.26. The fraction of sp³-hybridized carbons (Fsp3) is 0.429. The number of hydrogen-bond donors (Lipinski definition) is 1. The SMILES string of the molecule is CNCC1CN(c2ccnc3cc(Br)cnc23)CCO1. The molecule has 0 saturated carbocycles. The van der Waals surface area contributed by atoms with E-state index in [1.54, 1.807) is 0 Å². The molecule has 1 saturated heterocycles. The van der Waals surface area contributed by atoms with E-state index >= 15 is 0 Å². The predicted octanol–water partition coefficient (Wildman–Crippen LogP) is 1.82. The lowest BCUT2D eigenvalue weighted by atomic mass is 10.2. The lowest BCUT2D eigenvalue weighted by Gasteiger charge is -2.34. The maximum atomic E-state index is 5.75. The molecule has 3 rings (SSSR count). The Hall–Kier alpha value is -1.24. The topological polar surface area (TPSA) is 50.3 Å². The number of ether oxygens (including phenoxy) is 1. The van der Waals surface area contributed by atoms with Gasteiger partial charge in [0.05, 0.1) is 23.9 Å². The number of hydrogen-bond acceptors (Lipinski definition) is 5. The number of nitrogens with zero attached hydrogens (tertiary/aromatic N) is 3. The van der Waals surface area contributed by atoms with Gasteiger partial charge in [0.25, 0.3) is 0 Å². The fourth-order valence-electron chi connectivity index (χ4n) is 2.54. The van der Waals surface area contributed by atoms with Crippen LogP contribution >= 0.6 is 15.9 Å². The number of aromatic nitrogens is 2. The predicted molar refractivity (Wildman–Crippen MR) is 83.1 cm³/mol. The average Bonchev–Trinajstić information content (AvgIpc) is 2.47. The number of halogens is 1. The van der Waals surface area contributed by atoms with Gasteiger partial charge in [-0.25, -0.2) is 0 Å². The molecule has 0 aromatic carbocycles. The second-order valence-corrected chi connectivity index (χ2v) is 5.76. The van der Waals surface area contributed by atoms with Crippen LogP contribution in [0, 0.1) is 0 Å². The van der Waals surface area contributed by atoms with E-state index in [2.05, 4.69) is 36.1 Å². The van der Waals surface area contributed by atoms with Gasteiger partial charge < -0.3 is 15.0 Å². The van der Waals surface area contributed by atoms with Crippen LogP contribution in [0.25, 0.3) is 11.0 Å². The minimum Gasteiger partial charge on any atom is -0.373 e. The summed E-state index contributed by atoms with van der Waals surface area (Å²) in [5, 5.41) is 3.17. The molecule has 1 N–H and O–H groups in total. The number of fused-ring (bicyclic) bond motifs is 1. The van der Waals surface area contributed by atoms with Crippen LogP contribution in [-0.2, 0) is 4.74 Å². The Morgan fingerprint density at radius 2 is 2.40 bits per heavy atom. The second-order valence-electron chi connectivity index (χ2n) is 4.85. The first-order valence-corrected chi connectivity index (χ1v) is 7.48. The first-order valence-electron chi connectivity index (χ1n) is 6.69. The molecular formula is C14H17BrN4O. The van der Waals surface area contributed by atoms with Crippen LogP contribution in [0.3, 0.4) is 0 Å². The van der Waals surface area contributed by atoms with Crippen molar-refractivity contribution in [2.45, 2.75) is 6.10 Å². The third kappa shape index (κ3) is 2.77. The molecule has 0 radical (unpaired) electrons. The molecule has 2 aromatic rings. The van der Waals surface area contributed by atoms with Crippen molar-refractivity contribution >= 4 is 32.7 Å². The number of likely N-dealkylation sites (N-methyl/N-ethyl adjacent to an activating group) is 1. The molecule has 20 heavy (non-hydrogen) atoms. The molecule has 1 atom stereocenters. The van der Waals surface area contributed by atoms with E-state index in [0.29, 0.717) is 0 Å². The van der Waals surface area contributed by atoms with Crippen molar-refractivity contribution in [2.24, 2.45) is 0 Å². The molecule has 0 aliphatic carbocycles. The third-order valence-electron chi connectivity index (χ3n) is 3.43. The standard InChI is InChI=1S/C14H17BrN4O/c1-16-8-11-9-19(4-5-20-11)13-2-3-17-12-6-10(15)7-18-14(12)13/h2-3,6-7,11,16H,4-5,8-9H2,1H3. The van der Waals surface area contributed by atoms with E-state index in [1.165, 1.54) is 0 Å². The molecule has 0 spiro atoms. The van der Waals surface area contributed by atoms with Gasteiger partial charge >= 0.3 is 0 Å². The second kappa shape index (κ2) is 6.03. The minimum absolute atomic E-state index is 0.215. The zero-order valence-electron chi connectivity index (χ0n) is 11.3. The van der Waals surface area contributed by atoms with Crippen molar-refractivity contribution < 1.29 is 4.74 Å². The highest BCUT2D eigenvalue weighted by molar-refractivity contribution is 9.10. The van der Waals surface area contributed by atoms with Gasteiger partial charge in [-0.2, -0.15) is 0 Å². The van der Waals surface area contributed by atoms with Gasteiger partial charge in [-0.15, -0.1) is 0 Å². The Balaban J connectivity index is 1.93. The van der Waals surface area contributed by atoms with Gasteiger partial charge in [-0.1, -0.05) is 0 Å². The normalized spacial score (nSPS) is 19.5. The highest BCUT2D eigenvalue weighted by atomic mass is 79.9. The maximum absolute atomic E-state index is 5.75. The third-order valence-corrected chi connectivity index (χ3v) is 3.87. The summed E-state index contributed by atoms with van der Waals surface area (Å²) in [6.45, 7) is 3.36. The largest absolute Gasteiger partial charge is 0.373 e. The summed E-state index contributed by atoms with van der Waals surface area (Å²) < 4.78 is 6.70. The Labute approximate surface area is 126 Å². The highest BCUT2D eigenvalue weighted by Gasteiger charge is 2.21. The van der Waals surface area contributed by atoms with Crippen LogP contribution < -0.4 is 10.2 Å². The average molecular weight is 337 g/mol.